The Bertz CT molecular complexity index is 650. The summed E-state index contributed by atoms with van der Waals surface area (Å²) in [6.07, 6.45) is 1.79. The molecule has 1 aromatic heterocycles. The Morgan fingerprint density at radius 2 is 1.95 bits per heavy atom. The van der Waals surface area contributed by atoms with Gasteiger partial charge < -0.3 is 9.47 Å². The lowest BCUT2D eigenvalue weighted by atomic mass is 10.1. The van der Waals surface area contributed by atoms with Gasteiger partial charge in [0.15, 0.2) is 17.3 Å². The van der Waals surface area contributed by atoms with E-state index in [4.69, 9.17) is 21.1 Å². The highest BCUT2D eigenvalue weighted by Crippen LogP contribution is 2.37. The average molecular weight is 372 g/mol. The first-order chi connectivity index (χ1) is 10.1. The van der Waals surface area contributed by atoms with Gasteiger partial charge in [0.2, 0.25) is 0 Å². The molecule has 2 aromatic rings. The Labute approximate surface area is 137 Å². The van der Waals surface area contributed by atoms with Crippen LogP contribution in [-0.2, 0) is 6.42 Å². The molecule has 4 nitrogen and oxygen atoms in total. The van der Waals surface area contributed by atoms with Crippen LogP contribution in [0.5, 0.6) is 11.5 Å². The van der Waals surface area contributed by atoms with E-state index in [9.17, 15) is 0 Å². The summed E-state index contributed by atoms with van der Waals surface area (Å²) in [7, 11) is 3.19. The van der Waals surface area contributed by atoms with Crippen molar-refractivity contribution in [3.8, 4) is 22.9 Å². The number of hydrogen-bond acceptors (Lipinski definition) is 4. The van der Waals surface area contributed by atoms with E-state index in [2.05, 4.69) is 32.8 Å². The molecule has 0 aliphatic carbocycles. The zero-order valence-corrected chi connectivity index (χ0v) is 14.5. The monoisotopic (exact) mass is 370 g/mol. The molecule has 0 aliphatic rings. The first kappa shape index (κ1) is 16.0. The molecule has 0 spiro atoms. The van der Waals surface area contributed by atoms with E-state index < -0.39 is 0 Å². The third kappa shape index (κ3) is 3.30. The summed E-state index contributed by atoms with van der Waals surface area (Å²) in [4.78, 5) is 8.94. The summed E-state index contributed by atoms with van der Waals surface area (Å²) in [6.45, 7) is 2.09. The molecule has 0 unspecified atom stereocenters. The first-order valence-electron chi connectivity index (χ1n) is 6.55. The second-order valence-electron chi connectivity index (χ2n) is 4.39. The third-order valence-corrected chi connectivity index (χ3v) is 4.35. The highest BCUT2D eigenvalue weighted by atomic mass is 79.9. The molecule has 0 amide bonds. The zero-order valence-electron chi connectivity index (χ0n) is 12.1. The van der Waals surface area contributed by atoms with Gasteiger partial charge in [-0.2, -0.15) is 0 Å². The SMILES string of the molecule is CCCc1nc(-c2cccc(OC)c2OC)nc(Cl)c1Br. The van der Waals surface area contributed by atoms with Crippen molar-refractivity contribution < 1.29 is 9.47 Å². The lowest BCUT2D eigenvalue weighted by Crippen LogP contribution is -2.01. The van der Waals surface area contributed by atoms with Crippen molar-refractivity contribution in [2.45, 2.75) is 19.8 Å². The molecule has 0 N–H and O–H groups in total. The van der Waals surface area contributed by atoms with Gasteiger partial charge in [0.25, 0.3) is 0 Å². The number of halogens is 2. The van der Waals surface area contributed by atoms with E-state index in [1.807, 2.05) is 18.2 Å². The molecule has 1 aromatic carbocycles. The first-order valence-corrected chi connectivity index (χ1v) is 7.72. The fraction of sp³-hybridized carbons (Fsp3) is 0.333. The molecule has 6 heteroatoms. The van der Waals surface area contributed by atoms with Crippen LogP contribution in [0.2, 0.25) is 5.15 Å². The van der Waals surface area contributed by atoms with E-state index in [1.165, 1.54) is 0 Å². The summed E-state index contributed by atoms with van der Waals surface area (Å²) >= 11 is 9.64. The molecule has 0 saturated heterocycles. The van der Waals surface area contributed by atoms with E-state index in [-0.39, 0.29) is 0 Å². The number of aryl methyl sites for hydroxylation is 1. The predicted octanol–water partition coefficient (Wildman–Crippen LogP) is 4.53. The van der Waals surface area contributed by atoms with Gasteiger partial charge in [-0.3, -0.25) is 0 Å². The number of hydrogen-bond donors (Lipinski definition) is 0. The van der Waals surface area contributed by atoms with Crippen molar-refractivity contribution >= 4 is 27.5 Å². The quantitative estimate of drug-likeness (QED) is 0.724. The number of benzene rings is 1. The minimum Gasteiger partial charge on any atom is -0.493 e. The molecule has 0 radical (unpaired) electrons. The number of methoxy groups -OCH3 is 2. The summed E-state index contributed by atoms with van der Waals surface area (Å²) in [6, 6.07) is 5.59. The maximum atomic E-state index is 6.20. The maximum Gasteiger partial charge on any atom is 0.171 e. The van der Waals surface area contributed by atoms with Gasteiger partial charge in [-0.05, 0) is 34.5 Å². The molecule has 112 valence electrons. The van der Waals surface area contributed by atoms with Crippen molar-refractivity contribution in [1.82, 2.24) is 9.97 Å². The summed E-state index contributed by atoms with van der Waals surface area (Å²) in [5.41, 5.74) is 1.64. The molecule has 0 atom stereocenters. The van der Waals surface area contributed by atoms with Crippen LogP contribution < -0.4 is 9.47 Å². The normalized spacial score (nSPS) is 10.5. The fourth-order valence-electron chi connectivity index (χ4n) is 2.05. The Hall–Kier alpha value is -1.33. The van der Waals surface area contributed by atoms with Gasteiger partial charge in [-0.25, -0.2) is 9.97 Å². The van der Waals surface area contributed by atoms with Crippen LogP contribution in [-0.4, -0.2) is 24.2 Å². The second kappa shape index (κ2) is 7.09. The van der Waals surface area contributed by atoms with Crippen molar-refractivity contribution in [2.24, 2.45) is 0 Å². The lowest BCUT2D eigenvalue weighted by molar-refractivity contribution is 0.356. The van der Waals surface area contributed by atoms with Crippen molar-refractivity contribution in [3.63, 3.8) is 0 Å². The largest absolute Gasteiger partial charge is 0.493 e. The van der Waals surface area contributed by atoms with Crippen LogP contribution in [0.4, 0.5) is 0 Å². The zero-order chi connectivity index (χ0) is 15.4. The highest BCUT2D eigenvalue weighted by molar-refractivity contribution is 9.10. The van der Waals surface area contributed by atoms with Crippen LogP contribution in [0.3, 0.4) is 0 Å². The fourth-order valence-corrected chi connectivity index (χ4v) is 2.61. The van der Waals surface area contributed by atoms with Crippen molar-refractivity contribution in [1.29, 1.82) is 0 Å². The number of nitrogens with zero attached hydrogens (tertiary/aromatic N) is 2. The minimum absolute atomic E-state index is 0.397. The lowest BCUT2D eigenvalue weighted by Gasteiger charge is -2.13. The molecule has 0 fully saturated rings. The van der Waals surface area contributed by atoms with Gasteiger partial charge in [-0.15, -0.1) is 0 Å². The van der Waals surface area contributed by atoms with E-state index in [0.29, 0.717) is 22.5 Å². The van der Waals surface area contributed by atoms with E-state index in [0.717, 1.165) is 28.6 Å². The third-order valence-electron chi connectivity index (χ3n) is 3.01. The molecule has 0 aliphatic heterocycles. The molecular formula is C15H16BrClN2O2. The Balaban J connectivity index is 2.62. The van der Waals surface area contributed by atoms with Crippen molar-refractivity contribution in [3.05, 3.63) is 33.5 Å². The standard InChI is InChI=1S/C15H16BrClN2O2/c1-4-6-10-12(16)14(17)19-15(18-10)9-7-5-8-11(20-2)13(9)21-3/h5,7-8H,4,6H2,1-3H3. The molecule has 21 heavy (non-hydrogen) atoms. The van der Waals surface area contributed by atoms with Gasteiger partial charge >= 0.3 is 0 Å². The maximum absolute atomic E-state index is 6.20. The van der Waals surface area contributed by atoms with Crippen LogP contribution in [0, 0.1) is 0 Å². The van der Waals surface area contributed by atoms with Gasteiger partial charge in [0, 0.05) is 0 Å². The Morgan fingerprint density at radius 1 is 1.19 bits per heavy atom. The van der Waals surface area contributed by atoms with Crippen molar-refractivity contribution in [2.75, 3.05) is 14.2 Å². The average Bonchev–Trinajstić information content (AvgIpc) is 2.50. The smallest absolute Gasteiger partial charge is 0.171 e. The van der Waals surface area contributed by atoms with E-state index >= 15 is 0 Å². The molecule has 0 saturated carbocycles. The highest BCUT2D eigenvalue weighted by Gasteiger charge is 2.17. The second-order valence-corrected chi connectivity index (χ2v) is 5.54. The Kier molecular flexibility index (Phi) is 5.42. The minimum atomic E-state index is 0.397. The molecule has 1 heterocycles. The summed E-state index contributed by atoms with van der Waals surface area (Å²) in [5, 5.41) is 0.397. The topological polar surface area (TPSA) is 44.2 Å². The summed E-state index contributed by atoms with van der Waals surface area (Å²) in [5.74, 6) is 1.76. The number of para-hydroxylation sites is 1. The van der Waals surface area contributed by atoms with Crippen LogP contribution in [0.15, 0.2) is 22.7 Å². The molecule has 2 rings (SSSR count). The van der Waals surface area contributed by atoms with Gasteiger partial charge in [0.05, 0.1) is 29.9 Å². The molecular weight excluding hydrogens is 356 g/mol. The van der Waals surface area contributed by atoms with Gasteiger partial charge in [-0.1, -0.05) is 31.0 Å². The number of ether oxygens (including phenoxy) is 2. The predicted molar refractivity (Wildman–Crippen MR) is 87.3 cm³/mol. The van der Waals surface area contributed by atoms with Crippen LogP contribution >= 0.6 is 27.5 Å². The van der Waals surface area contributed by atoms with Crippen LogP contribution in [0.25, 0.3) is 11.4 Å². The summed E-state index contributed by atoms with van der Waals surface area (Å²) < 4.78 is 11.5. The van der Waals surface area contributed by atoms with E-state index in [1.54, 1.807) is 14.2 Å². The Morgan fingerprint density at radius 3 is 2.57 bits per heavy atom. The molecule has 0 bridgehead atoms. The number of aromatic nitrogens is 2. The van der Waals surface area contributed by atoms with Gasteiger partial charge in [0.1, 0.15) is 5.15 Å². The number of rotatable bonds is 5. The van der Waals surface area contributed by atoms with Crippen LogP contribution in [0.1, 0.15) is 19.0 Å².